The number of benzene rings is 1. The third-order valence-corrected chi connectivity index (χ3v) is 3.88. The molecule has 1 aliphatic rings. The average molecular weight is 289 g/mol. The normalized spacial score (nSPS) is 29.6. The van der Waals surface area contributed by atoms with Gasteiger partial charge in [-0.2, -0.15) is 0 Å². The maximum absolute atomic E-state index is 9.97. The molecule has 1 aromatic carbocycles. The Hall–Kier alpha value is -1.49. The van der Waals surface area contributed by atoms with Gasteiger partial charge in [-0.15, -0.1) is 0 Å². The van der Waals surface area contributed by atoms with Crippen molar-refractivity contribution in [1.29, 1.82) is 0 Å². The zero-order valence-electron chi connectivity index (χ0n) is 12.3. The van der Waals surface area contributed by atoms with Crippen LogP contribution >= 0.6 is 0 Å². The summed E-state index contributed by atoms with van der Waals surface area (Å²) in [6.07, 6.45) is 2.66. The summed E-state index contributed by atoms with van der Waals surface area (Å²) < 4.78 is 0. The maximum Gasteiger partial charge on any atom is 0.112 e. The number of rotatable bonds is 5. The van der Waals surface area contributed by atoms with E-state index in [1.807, 2.05) is 25.1 Å². The number of aliphatic hydroxyl groups excluding tert-OH is 3. The first kappa shape index (κ1) is 15.9. The van der Waals surface area contributed by atoms with Crippen LogP contribution in [0.25, 0.3) is 0 Å². The fraction of sp³-hybridized carbons (Fsp3) is 0.471. The number of nitrogens with zero attached hydrogens (tertiary/aromatic N) is 1. The van der Waals surface area contributed by atoms with Gasteiger partial charge in [0.15, 0.2) is 0 Å². The Morgan fingerprint density at radius 2 is 1.81 bits per heavy atom. The van der Waals surface area contributed by atoms with Gasteiger partial charge >= 0.3 is 0 Å². The van der Waals surface area contributed by atoms with Crippen LogP contribution in [0.1, 0.15) is 25.3 Å². The molecule has 114 valence electrons. The van der Waals surface area contributed by atoms with Crippen molar-refractivity contribution in [2.45, 2.75) is 50.5 Å². The first-order chi connectivity index (χ1) is 10.1. The number of aryl methyl sites for hydroxylation is 1. The number of hydrogen-bond donors (Lipinski definition) is 3. The molecule has 0 radical (unpaired) electrons. The second-order valence-electron chi connectivity index (χ2n) is 5.37. The standard InChI is InChI=1S/C17H23NO3/c1-2-13-11-14(16(20)17(21)15(13)19)18-10-6-9-12-7-4-3-5-8-12/h3-5,7-8,10-11,14-17,19-21H,2,6,9H2,1H3/t14-,15+,16-,17?/m0/s1. The molecular weight excluding hydrogens is 266 g/mol. The largest absolute Gasteiger partial charge is 0.388 e. The molecule has 0 aliphatic heterocycles. The van der Waals surface area contributed by atoms with Gasteiger partial charge in [0.25, 0.3) is 0 Å². The minimum Gasteiger partial charge on any atom is -0.388 e. The first-order valence-electron chi connectivity index (χ1n) is 7.43. The van der Waals surface area contributed by atoms with Gasteiger partial charge in [0.05, 0.1) is 6.04 Å². The fourth-order valence-corrected chi connectivity index (χ4v) is 2.55. The SMILES string of the molecule is CCC1=C[C@H](N=CCCc2ccccc2)[C@H](O)C(O)[C@@H]1O. The Balaban J connectivity index is 1.94. The van der Waals surface area contributed by atoms with Crippen molar-refractivity contribution < 1.29 is 15.3 Å². The maximum atomic E-state index is 9.97. The van der Waals surface area contributed by atoms with Crippen LogP contribution in [0.2, 0.25) is 0 Å². The van der Waals surface area contributed by atoms with Gasteiger partial charge in [0, 0.05) is 0 Å². The highest BCUT2D eigenvalue weighted by atomic mass is 16.4. The number of hydrogen-bond acceptors (Lipinski definition) is 4. The highest BCUT2D eigenvalue weighted by Crippen LogP contribution is 2.24. The van der Waals surface area contributed by atoms with E-state index in [-0.39, 0.29) is 0 Å². The fourth-order valence-electron chi connectivity index (χ4n) is 2.55. The summed E-state index contributed by atoms with van der Waals surface area (Å²) >= 11 is 0. The van der Waals surface area contributed by atoms with E-state index in [1.54, 1.807) is 12.3 Å². The van der Waals surface area contributed by atoms with E-state index in [4.69, 9.17) is 0 Å². The Morgan fingerprint density at radius 3 is 2.48 bits per heavy atom. The predicted octanol–water partition coefficient (Wildman–Crippen LogP) is 1.49. The van der Waals surface area contributed by atoms with Crippen LogP contribution in [0.3, 0.4) is 0 Å². The molecule has 0 fully saturated rings. The summed E-state index contributed by atoms with van der Waals surface area (Å²) in [6.45, 7) is 1.91. The second kappa shape index (κ2) is 7.50. The lowest BCUT2D eigenvalue weighted by Gasteiger charge is -2.32. The smallest absolute Gasteiger partial charge is 0.112 e. The summed E-state index contributed by atoms with van der Waals surface area (Å²) in [5.41, 5.74) is 1.98. The molecule has 2 rings (SSSR count). The Morgan fingerprint density at radius 1 is 1.10 bits per heavy atom. The van der Waals surface area contributed by atoms with E-state index in [2.05, 4.69) is 17.1 Å². The van der Waals surface area contributed by atoms with Gasteiger partial charge in [0.1, 0.15) is 18.3 Å². The van der Waals surface area contributed by atoms with E-state index < -0.39 is 24.4 Å². The van der Waals surface area contributed by atoms with Crippen LogP contribution in [0.15, 0.2) is 47.0 Å². The van der Waals surface area contributed by atoms with Crippen molar-refractivity contribution in [3.05, 3.63) is 47.5 Å². The second-order valence-corrected chi connectivity index (χ2v) is 5.37. The minimum absolute atomic E-state index is 0.478. The summed E-state index contributed by atoms with van der Waals surface area (Å²) in [6, 6.07) is 9.65. The highest BCUT2D eigenvalue weighted by molar-refractivity contribution is 5.58. The first-order valence-corrected chi connectivity index (χ1v) is 7.43. The minimum atomic E-state index is -1.17. The molecule has 0 amide bonds. The van der Waals surface area contributed by atoms with Crippen LogP contribution in [-0.4, -0.2) is 45.9 Å². The molecule has 4 nitrogen and oxygen atoms in total. The summed E-state index contributed by atoms with van der Waals surface area (Å²) in [4.78, 5) is 4.34. The molecule has 0 aromatic heterocycles. The predicted molar refractivity (Wildman–Crippen MR) is 83.4 cm³/mol. The molecule has 1 unspecified atom stereocenters. The molecule has 3 N–H and O–H groups in total. The highest BCUT2D eigenvalue weighted by Gasteiger charge is 2.36. The van der Waals surface area contributed by atoms with E-state index in [9.17, 15) is 15.3 Å². The van der Waals surface area contributed by atoms with E-state index in [1.165, 1.54) is 5.56 Å². The zero-order valence-corrected chi connectivity index (χ0v) is 12.3. The van der Waals surface area contributed by atoms with Gasteiger partial charge in [-0.3, -0.25) is 4.99 Å². The van der Waals surface area contributed by atoms with E-state index in [0.717, 1.165) is 18.4 Å². The molecule has 0 heterocycles. The lowest BCUT2D eigenvalue weighted by atomic mass is 9.87. The zero-order chi connectivity index (χ0) is 15.2. The van der Waals surface area contributed by atoms with Crippen molar-refractivity contribution >= 4 is 6.21 Å². The summed E-state index contributed by atoms with van der Waals surface area (Å²) in [7, 11) is 0. The summed E-state index contributed by atoms with van der Waals surface area (Å²) in [5.74, 6) is 0. The van der Waals surface area contributed by atoms with Crippen molar-refractivity contribution in [1.82, 2.24) is 0 Å². The van der Waals surface area contributed by atoms with Gasteiger partial charge in [-0.25, -0.2) is 0 Å². The molecule has 1 aliphatic carbocycles. The third kappa shape index (κ3) is 4.00. The molecular formula is C17H23NO3. The van der Waals surface area contributed by atoms with Gasteiger partial charge < -0.3 is 15.3 Å². The lowest BCUT2D eigenvalue weighted by molar-refractivity contribution is -0.0572. The van der Waals surface area contributed by atoms with Crippen LogP contribution in [0.5, 0.6) is 0 Å². The van der Waals surface area contributed by atoms with Crippen molar-refractivity contribution in [3.63, 3.8) is 0 Å². The molecule has 0 saturated carbocycles. The van der Waals surface area contributed by atoms with Crippen LogP contribution < -0.4 is 0 Å². The Labute approximate surface area is 125 Å². The molecule has 21 heavy (non-hydrogen) atoms. The summed E-state index contributed by atoms with van der Waals surface area (Å²) in [5, 5.41) is 29.6. The monoisotopic (exact) mass is 289 g/mol. The van der Waals surface area contributed by atoms with Gasteiger partial charge in [-0.1, -0.05) is 43.3 Å². The molecule has 4 heteroatoms. The Bertz CT molecular complexity index is 498. The Kier molecular flexibility index (Phi) is 5.67. The van der Waals surface area contributed by atoms with Crippen LogP contribution in [0, 0.1) is 0 Å². The molecule has 4 atom stereocenters. The van der Waals surface area contributed by atoms with E-state index in [0.29, 0.717) is 6.42 Å². The van der Waals surface area contributed by atoms with Crippen LogP contribution in [0.4, 0.5) is 0 Å². The molecule has 0 saturated heterocycles. The average Bonchev–Trinajstić information content (AvgIpc) is 2.52. The molecule has 0 bridgehead atoms. The van der Waals surface area contributed by atoms with Crippen molar-refractivity contribution in [3.8, 4) is 0 Å². The third-order valence-electron chi connectivity index (χ3n) is 3.88. The van der Waals surface area contributed by atoms with Gasteiger partial charge in [-0.05, 0) is 36.6 Å². The van der Waals surface area contributed by atoms with E-state index >= 15 is 0 Å². The number of aliphatic imine (C=N–C) groups is 1. The quantitative estimate of drug-likeness (QED) is 0.568. The lowest BCUT2D eigenvalue weighted by Crippen LogP contribution is -2.47. The van der Waals surface area contributed by atoms with Gasteiger partial charge in [0.2, 0.25) is 0 Å². The van der Waals surface area contributed by atoms with Crippen molar-refractivity contribution in [2.24, 2.45) is 4.99 Å². The number of aliphatic hydroxyl groups is 3. The topological polar surface area (TPSA) is 73.1 Å². The van der Waals surface area contributed by atoms with Crippen LogP contribution in [-0.2, 0) is 6.42 Å². The molecule has 1 aromatic rings. The van der Waals surface area contributed by atoms with Crippen molar-refractivity contribution in [2.75, 3.05) is 0 Å². The molecule has 0 spiro atoms.